The molecule has 0 fully saturated rings. The molecule has 2 aromatic heterocycles. The van der Waals surface area contributed by atoms with Crippen LogP contribution in [-0.4, -0.2) is 24.3 Å². The second-order valence-electron chi connectivity index (χ2n) is 3.52. The lowest BCUT2D eigenvalue weighted by atomic mass is 10.3. The van der Waals surface area contributed by atoms with Crippen molar-refractivity contribution in [3.63, 3.8) is 0 Å². The molecule has 2 aromatic rings. The Morgan fingerprint density at radius 3 is 2.75 bits per heavy atom. The first-order valence-corrected chi connectivity index (χ1v) is 8.89. The van der Waals surface area contributed by atoms with Gasteiger partial charge in [0.25, 0.3) is 10.0 Å². The number of hydrogen-bond donors (Lipinski definition) is 2. The lowest BCUT2D eigenvalue weighted by Gasteiger charge is -2.02. The summed E-state index contributed by atoms with van der Waals surface area (Å²) >= 11 is 13.6. The Labute approximate surface area is 132 Å². The lowest BCUT2D eigenvalue weighted by molar-refractivity contribution is 0.319. The number of oxime groups is 1. The van der Waals surface area contributed by atoms with E-state index in [1.807, 2.05) is 0 Å². The average molecular weight is 372 g/mol. The molecular weight excluding hydrogens is 365 g/mol. The zero-order valence-electron chi connectivity index (χ0n) is 9.79. The zero-order chi connectivity index (χ0) is 14.9. The van der Waals surface area contributed by atoms with Gasteiger partial charge >= 0.3 is 0 Å². The summed E-state index contributed by atoms with van der Waals surface area (Å²) in [6.07, 6.45) is 0. The molecular formula is C9H7Cl2N3O3S3. The number of aromatic nitrogens is 1. The highest BCUT2D eigenvalue weighted by Gasteiger charge is 2.22. The fourth-order valence-corrected chi connectivity index (χ4v) is 5.37. The summed E-state index contributed by atoms with van der Waals surface area (Å²) < 4.78 is 26.9. The average Bonchev–Trinajstić information content (AvgIpc) is 2.95. The molecule has 0 aliphatic rings. The largest absolute Gasteiger partial charge is 0.411 e. The quantitative estimate of drug-likeness (QED) is 0.488. The minimum Gasteiger partial charge on any atom is -0.411 e. The van der Waals surface area contributed by atoms with Gasteiger partial charge in [0.15, 0.2) is 5.13 Å². The van der Waals surface area contributed by atoms with Crippen molar-refractivity contribution in [2.45, 2.75) is 11.8 Å². The van der Waals surface area contributed by atoms with Crippen LogP contribution >= 0.6 is 45.9 Å². The molecule has 6 nitrogen and oxygen atoms in total. The Kier molecular flexibility index (Phi) is 4.55. The number of thiazole rings is 1. The number of nitrogens with one attached hydrogen (secondary N) is 1. The standard InChI is InChI=1S/C9H7Cl2N3O3S3/c1-4(13-15)5-3-18-9(12-5)14-20(16,17)6-2-7(10)19-8(6)11/h2-3,15H,1H3,(H,12,14). The highest BCUT2D eigenvalue weighted by Crippen LogP contribution is 2.35. The fourth-order valence-electron chi connectivity index (χ4n) is 1.22. The van der Waals surface area contributed by atoms with Gasteiger partial charge in [-0.3, -0.25) is 4.72 Å². The van der Waals surface area contributed by atoms with Crippen molar-refractivity contribution in [1.82, 2.24) is 4.98 Å². The number of hydrogen-bond acceptors (Lipinski definition) is 7. The molecule has 0 amide bonds. The Morgan fingerprint density at radius 1 is 1.50 bits per heavy atom. The van der Waals surface area contributed by atoms with Gasteiger partial charge in [-0.15, -0.1) is 22.7 Å². The summed E-state index contributed by atoms with van der Waals surface area (Å²) in [6.45, 7) is 1.54. The minimum absolute atomic E-state index is 0.0763. The first-order chi connectivity index (χ1) is 9.33. The number of thiophene rings is 1. The van der Waals surface area contributed by atoms with Crippen LogP contribution in [0.15, 0.2) is 21.5 Å². The molecule has 0 radical (unpaired) electrons. The molecule has 108 valence electrons. The number of sulfonamides is 1. The fraction of sp³-hybridized carbons (Fsp3) is 0.111. The van der Waals surface area contributed by atoms with Crippen molar-refractivity contribution >= 4 is 66.7 Å². The van der Waals surface area contributed by atoms with E-state index in [0.717, 1.165) is 22.7 Å². The first kappa shape index (κ1) is 15.5. The highest BCUT2D eigenvalue weighted by molar-refractivity contribution is 7.93. The molecule has 0 aliphatic carbocycles. The van der Waals surface area contributed by atoms with Crippen molar-refractivity contribution in [1.29, 1.82) is 0 Å². The molecule has 0 aliphatic heterocycles. The van der Waals surface area contributed by atoms with E-state index < -0.39 is 10.0 Å². The number of halogens is 2. The van der Waals surface area contributed by atoms with E-state index in [-0.39, 0.29) is 24.4 Å². The molecule has 2 heterocycles. The van der Waals surface area contributed by atoms with Gasteiger partial charge in [0, 0.05) is 5.38 Å². The van der Waals surface area contributed by atoms with Crippen LogP contribution in [0.5, 0.6) is 0 Å². The Morgan fingerprint density at radius 2 is 2.20 bits per heavy atom. The molecule has 2 N–H and O–H groups in total. The third-order valence-corrected chi connectivity index (χ3v) is 6.14. The van der Waals surface area contributed by atoms with Crippen LogP contribution in [0.2, 0.25) is 8.67 Å². The highest BCUT2D eigenvalue weighted by atomic mass is 35.5. The molecule has 2 rings (SSSR count). The number of anilines is 1. The minimum atomic E-state index is -3.85. The number of rotatable bonds is 4. The van der Waals surface area contributed by atoms with Crippen molar-refractivity contribution in [3.05, 3.63) is 25.8 Å². The molecule has 0 spiro atoms. The van der Waals surface area contributed by atoms with Crippen LogP contribution in [0.4, 0.5) is 5.13 Å². The van der Waals surface area contributed by atoms with Crippen LogP contribution < -0.4 is 4.72 Å². The maximum Gasteiger partial charge on any atom is 0.266 e. The second-order valence-corrected chi connectivity index (χ2v) is 8.31. The predicted octanol–water partition coefficient (Wildman–Crippen LogP) is 3.51. The van der Waals surface area contributed by atoms with E-state index >= 15 is 0 Å². The maximum atomic E-state index is 12.1. The number of nitrogens with zero attached hydrogens (tertiary/aromatic N) is 2. The van der Waals surface area contributed by atoms with Gasteiger partial charge in [-0.2, -0.15) is 0 Å². The molecule has 0 saturated heterocycles. The van der Waals surface area contributed by atoms with Crippen LogP contribution in [0.3, 0.4) is 0 Å². The van der Waals surface area contributed by atoms with E-state index in [1.54, 1.807) is 12.3 Å². The van der Waals surface area contributed by atoms with Crippen LogP contribution in [0, 0.1) is 0 Å². The summed E-state index contributed by atoms with van der Waals surface area (Å²) in [7, 11) is -3.85. The van der Waals surface area contributed by atoms with E-state index in [9.17, 15) is 8.42 Å². The van der Waals surface area contributed by atoms with Crippen molar-refractivity contribution < 1.29 is 13.6 Å². The smallest absolute Gasteiger partial charge is 0.266 e. The van der Waals surface area contributed by atoms with E-state index in [1.165, 1.54) is 6.07 Å². The lowest BCUT2D eigenvalue weighted by Crippen LogP contribution is -2.12. The summed E-state index contributed by atoms with van der Waals surface area (Å²) in [6, 6.07) is 1.27. The zero-order valence-corrected chi connectivity index (χ0v) is 13.8. The van der Waals surface area contributed by atoms with Gasteiger partial charge in [0.1, 0.15) is 20.6 Å². The normalized spacial score (nSPS) is 12.7. The molecule has 0 saturated carbocycles. The van der Waals surface area contributed by atoms with Gasteiger partial charge in [-0.25, -0.2) is 13.4 Å². The summed E-state index contributed by atoms with van der Waals surface area (Å²) in [4.78, 5) is 3.89. The van der Waals surface area contributed by atoms with E-state index in [4.69, 9.17) is 28.4 Å². The van der Waals surface area contributed by atoms with E-state index in [0.29, 0.717) is 5.69 Å². The second kappa shape index (κ2) is 5.86. The van der Waals surface area contributed by atoms with Gasteiger partial charge in [0.05, 0.1) is 4.34 Å². The first-order valence-electron chi connectivity index (χ1n) is 4.95. The summed E-state index contributed by atoms with van der Waals surface area (Å²) in [5.41, 5.74) is 0.660. The van der Waals surface area contributed by atoms with Crippen LogP contribution in [0.1, 0.15) is 12.6 Å². The Balaban J connectivity index is 2.29. The van der Waals surface area contributed by atoms with Gasteiger partial charge in [0.2, 0.25) is 0 Å². The SMILES string of the molecule is CC(=NO)c1csc(NS(=O)(=O)c2cc(Cl)sc2Cl)n1. The molecule has 0 aromatic carbocycles. The molecule has 0 unspecified atom stereocenters. The summed E-state index contributed by atoms with van der Waals surface area (Å²) in [5.74, 6) is 0. The van der Waals surface area contributed by atoms with Crippen LogP contribution in [-0.2, 0) is 10.0 Å². The molecule has 11 heteroatoms. The molecule has 0 bridgehead atoms. The van der Waals surface area contributed by atoms with Gasteiger partial charge in [-0.1, -0.05) is 28.4 Å². The maximum absolute atomic E-state index is 12.1. The van der Waals surface area contributed by atoms with Gasteiger partial charge < -0.3 is 5.21 Å². The Bertz CT molecular complexity index is 766. The topological polar surface area (TPSA) is 91.7 Å². The predicted molar refractivity (Wildman–Crippen MR) is 81.3 cm³/mol. The summed E-state index contributed by atoms with van der Waals surface area (Å²) in [5, 5.41) is 13.3. The third-order valence-electron chi connectivity index (χ3n) is 2.16. The third kappa shape index (κ3) is 3.23. The monoisotopic (exact) mass is 371 g/mol. The van der Waals surface area contributed by atoms with E-state index in [2.05, 4.69) is 14.9 Å². The Hall–Kier alpha value is -0.870. The van der Waals surface area contributed by atoms with Crippen molar-refractivity contribution in [2.75, 3.05) is 4.72 Å². The van der Waals surface area contributed by atoms with Crippen molar-refractivity contribution in [2.24, 2.45) is 5.16 Å². The van der Waals surface area contributed by atoms with Crippen molar-refractivity contribution in [3.8, 4) is 0 Å². The van der Waals surface area contributed by atoms with Crippen LogP contribution in [0.25, 0.3) is 0 Å². The van der Waals surface area contributed by atoms with Gasteiger partial charge in [-0.05, 0) is 13.0 Å². The molecule has 0 atom stereocenters. The molecule has 20 heavy (non-hydrogen) atoms.